The molecule has 162 valence electrons. The van der Waals surface area contributed by atoms with Crippen molar-refractivity contribution >= 4 is 16.9 Å². The zero-order valence-corrected chi connectivity index (χ0v) is 18.3. The van der Waals surface area contributed by atoms with E-state index in [1.54, 1.807) is 44.2 Å². The van der Waals surface area contributed by atoms with Gasteiger partial charge >= 0.3 is 5.97 Å². The summed E-state index contributed by atoms with van der Waals surface area (Å²) in [6.45, 7) is 5.72. The smallest absolute Gasteiger partial charge is 0.338 e. The summed E-state index contributed by atoms with van der Waals surface area (Å²) in [7, 11) is 0. The molecule has 0 amide bonds. The molecule has 5 heteroatoms. The van der Waals surface area contributed by atoms with E-state index in [1.807, 2.05) is 49.4 Å². The van der Waals surface area contributed by atoms with Crippen LogP contribution in [0.3, 0.4) is 0 Å². The van der Waals surface area contributed by atoms with E-state index in [-0.39, 0.29) is 29.9 Å². The van der Waals surface area contributed by atoms with Crippen molar-refractivity contribution in [3.8, 4) is 17.1 Å². The Bertz CT molecular complexity index is 1300. The van der Waals surface area contributed by atoms with Crippen LogP contribution in [0.15, 0.2) is 82.0 Å². The first kappa shape index (κ1) is 21.4. The first-order chi connectivity index (χ1) is 15.4. The number of hydrogen-bond acceptors (Lipinski definition) is 5. The van der Waals surface area contributed by atoms with E-state index in [0.29, 0.717) is 22.3 Å². The Morgan fingerprint density at radius 3 is 2.38 bits per heavy atom. The molecule has 0 saturated heterocycles. The van der Waals surface area contributed by atoms with Gasteiger partial charge in [0.05, 0.1) is 17.1 Å². The summed E-state index contributed by atoms with van der Waals surface area (Å²) in [6, 6.07) is 21.8. The predicted molar refractivity (Wildman–Crippen MR) is 124 cm³/mol. The topological polar surface area (TPSA) is 65.7 Å². The van der Waals surface area contributed by atoms with Crippen LogP contribution in [0.1, 0.15) is 35.3 Å². The van der Waals surface area contributed by atoms with Crippen molar-refractivity contribution < 1.29 is 18.7 Å². The van der Waals surface area contributed by atoms with E-state index in [2.05, 4.69) is 0 Å². The highest BCUT2D eigenvalue weighted by atomic mass is 16.5. The third-order valence-corrected chi connectivity index (χ3v) is 4.96. The van der Waals surface area contributed by atoms with E-state index in [1.165, 1.54) is 0 Å². The van der Waals surface area contributed by atoms with Gasteiger partial charge in [0.25, 0.3) is 0 Å². The molecule has 0 aliphatic rings. The Morgan fingerprint density at radius 1 is 0.969 bits per heavy atom. The molecule has 0 fully saturated rings. The summed E-state index contributed by atoms with van der Waals surface area (Å²) >= 11 is 0. The Balaban J connectivity index is 1.66. The maximum absolute atomic E-state index is 13.3. The normalized spacial score (nSPS) is 11.0. The van der Waals surface area contributed by atoms with Gasteiger partial charge in [0.15, 0.2) is 5.76 Å². The van der Waals surface area contributed by atoms with Crippen LogP contribution in [-0.4, -0.2) is 12.1 Å². The van der Waals surface area contributed by atoms with Crippen molar-refractivity contribution in [1.29, 1.82) is 0 Å². The molecule has 1 aromatic heterocycles. The Kier molecular flexibility index (Phi) is 6.08. The molecule has 0 N–H and O–H groups in total. The van der Waals surface area contributed by atoms with Gasteiger partial charge in [-0.15, -0.1) is 0 Å². The van der Waals surface area contributed by atoms with Gasteiger partial charge in [-0.25, -0.2) is 4.79 Å². The lowest BCUT2D eigenvalue weighted by Gasteiger charge is -2.12. The van der Waals surface area contributed by atoms with Gasteiger partial charge < -0.3 is 13.9 Å². The van der Waals surface area contributed by atoms with E-state index < -0.39 is 0 Å². The fourth-order valence-electron chi connectivity index (χ4n) is 3.37. The average Bonchev–Trinajstić information content (AvgIpc) is 2.78. The summed E-state index contributed by atoms with van der Waals surface area (Å²) < 4.78 is 17.3. The number of benzene rings is 3. The second kappa shape index (κ2) is 9.10. The van der Waals surface area contributed by atoms with Crippen LogP contribution >= 0.6 is 0 Å². The zero-order chi connectivity index (χ0) is 22.7. The number of aryl methyl sites for hydroxylation is 1. The summed E-state index contributed by atoms with van der Waals surface area (Å²) in [5.74, 6) is 0.186. The number of hydrogen-bond donors (Lipinski definition) is 0. The van der Waals surface area contributed by atoms with Crippen LogP contribution in [0, 0.1) is 6.92 Å². The van der Waals surface area contributed by atoms with Gasteiger partial charge in [-0.2, -0.15) is 0 Å². The Hall–Kier alpha value is -3.86. The Labute approximate surface area is 186 Å². The molecule has 0 radical (unpaired) electrons. The van der Waals surface area contributed by atoms with Crippen LogP contribution in [0.4, 0.5) is 0 Å². The second-order valence-corrected chi connectivity index (χ2v) is 7.89. The lowest BCUT2D eigenvalue weighted by Crippen LogP contribution is -2.12. The molecular formula is C27H24O5. The molecule has 0 aliphatic carbocycles. The molecule has 0 atom stereocenters. The van der Waals surface area contributed by atoms with Crippen molar-refractivity contribution in [2.75, 3.05) is 0 Å². The van der Waals surface area contributed by atoms with E-state index in [9.17, 15) is 9.59 Å². The zero-order valence-electron chi connectivity index (χ0n) is 18.3. The highest BCUT2D eigenvalue weighted by molar-refractivity contribution is 5.89. The monoisotopic (exact) mass is 428 g/mol. The molecule has 0 saturated carbocycles. The van der Waals surface area contributed by atoms with Crippen LogP contribution in [0.25, 0.3) is 22.3 Å². The van der Waals surface area contributed by atoms with E-state index >= 15 is 0 Å². The molecular weight excluding hydrogens is 404 g/mol. The van der Waals surface area contributed by atoms with E-state index in [0.717, 1.165) is 16.7 Å². The Morgan fingerprint density at radius 2 is 1.69 bits per heavy atom. The molecule has 0 spiro atoms. The molecule has 4 aromatic rings. The van der Waals surface area contributed by atoms with Gasteiger partial charge in [0.2, 0.25) is 11.2 Å². The van der Waals surface area contributed by atoms with Crippen molar-refractivity contribution in [2.45, 2.75) is 33.5 Å². The van der Waals surface area contributed by atoms with Crippen LogP contribution in [0.5, 0.6) is 5.75 Å². The molecule has 32 heavy (non-hydrogen) atoms. The summed E-state index contributed by atoms with van der Waals surface area (Å²) in [5, 5.41) is 0.469. The van der Waals surface area contributed by atoms with Gasteiger partial charge in [0, 0.05) is 5.56 Å². The predicted octanol–water partition coefficient (Wildman–Crippen LogP) is 5.91. The molecule has 0 aliphatic heterocycles. The lowest BCUT2D eigenvalue weighted by molar-refractivity contribution is 0.0378. The van der Waals surface area contributed by atoms with Crippen molar-refractivity contribution in [3.63, 3.8) is 0 Å². The summed E-state index contributed by atoms with van der Waals surface area (Å²) in [5.41, 5.74) is 3.34. The third kappa shape index (κ3) is 4.57. The molecule has 0 unspecified atom stereocenters. The largest absolute Gasteiger partial charge is 0.481 e. The maximum atomic E-state index is 13.3. The van der Waals surface area contributed by atoms with E-state index in [4.69, 9.17) is 13.9 Å². The standard InChI is InChI=1S/C27H24O5/c1-17(2)31-27(29)21-12-10-19(11-13-21)16-30-26-24(28)22-14-9-18(3)15-23(22)32-25(26)20-7-5-4-6-8-20/h4-15,17H,16H2,1-3H3. The third-order valence-electron chi connectivity index (χ3n) is 4.96. The fourth-order valence-corrected chi connectivity index (χ4v) is 3.37. The van der Waals surface area contributed by atoms with Crippen LogP contribution < -0.4 is 10.2 Å². The minimum atomic E-state index is -0.371. The van der Waals surface area contributed by atoms with Gasteiger partial charge in [0.1, 0.15) is 12.2 Å². The number of carbonyl (C=O) groups excluding carboxylic acids is 1. The molecule has 1 heterocycles. The van der Waals surface area contributed by atoms with Gasteiger partial charge in [-0.3, -0.25) is 4.79 Å². The molecule has 4 rings (SSSR count). The number of carbonyl (C=O) groups is 1. The minimum absolute atomic E-state index is 0.154. The number of esters is 1. The molecule has 5 nitrogen and oxygen atoms in total. The maximum Gasteiger partial charge on any atom is 0.338 e. The average molecular weight is 428 g/mol. The minimum Gasteiger partial charge on any atom is -0.481 e. The first-order valence-electron chi connectivity index (χ1n) is 10.5. The first-order valence-corrected chi connectivity index (χ1v) is 10.5. The highest BCUT2D eigenvalue weighted by Gasteiger charge is 2.18. The SMILES string of the molecule is Cc1ccc2c(=O)c(OCc3ccc(C(=O)OC(C)C)cc3)c(-c3ccccc3)oc2c1. The molecule has 3 aromatic carbocycles. The second-order valence-electron chi connectivity index (χ2n) is 7.89. The number of fused-ring (bicyclic) bond motifs is 1. The fraction of sp³-hybridized carbons (Fsp3) is 0.185. The van der Waals surface area contributed by atoms with Gasteiger partial charge in [-0.1, -0.05) is 48.5 Å². The van der Waals surface area contributed by atoms with Crippen molar-refractivity contribution in [2.24, 2.45) is 0 Å². The van der Waals surface area contributed by atoms with Crippen molar-refractivity contribution in [1.82, 2.24) is 0 Å². The summed E-state index contributed by atoms with van der Waals surface area (Å²) in [4.78, 5) is 25.3. The highest BCUT2D eigenvalue weighted by Crippen LogP contribution is 2.31. The molecule has 0 bridgehead atoms. The lowest BCUT2D eigenvalue weighted by atomic mass is 10.1. The quantitative estimate of drug-likeness (QED) is 0.357. The van der Waals surface area contributed by atoms with Crippen molar-refractivity contribution in [3.05, 3.63) is 99.7 Å². The number of ether oxygens (including phenoxy) is 2. The number of rotatable bonds is 6. The van der Waals surface area contributed by atoms with Gasteiger partial charge in [-0.05, 0) is 56.2 Å². The van der Waals surface area contributed by atoms with Crippen LogP contribution in [-0.2, 0) is 11.3 Å². The summed E-state index contributed by atoms with van der Waals surface area (Å²) in [6.07, 6.45) is -0.183. The van der Waals surface area contributed by atoms with Crippen LogP contribution in [0.2, 0.25) is 0 Å².